The van der Waals surface area contributed by atoms with Crippen LogP contribution in [0.2, 0.25) is 0 Å². The number of urea groups is 1. The smallest absolute Gasteiger partial charge is 0.315 e. The summed E-state index contributed by atoms with van der Waals surface area (Å²) < 4.78 is 14.2. The number of anilines is 1. The van der Waals surface area contributed by atoms with Gasteiger partial charge >= 0.3 is 6.03 Å². The van der Waals surface area contributed by atoms with Crippen molar-refractivity contribution in [3.8, 4) is 0 Å². The van der Waals surface area contributed by atoms with Crippen LogP contribution in [0.1, 0.15) is 37.7 Å². The lowest BCUT2D eigenvalue weighted by Crippen LogP contribution is -2.51. The summed E-state index contributed by atoms with van der Waals surface area (Å²) in [5.74, 6) is -0.0567. The summed E-state index contributed by atoms with van der Waals surface area (Å²) in [6.07, 6.45) is 4.55. The molecule has 2 heterocycles. The van der Waals surface area contributed by atoms with E-state index in [1.807, 2.05) is 17.9 Å². The molecule has 31 heavy (non-hydrogen) atoms. The maximum absolute atomic E-state index is 14.2. The number of likely N-dealkylation sites (N-methyl/N-ethyl adjacent to an activating group) is 1. The Hall–Kier alpha value is -2.35. The third-order valence-corrected chi connectivity index (χ3v) is 6.20. The highest BCUT2D eigenvalue weighted by molar-refractivity contribution is 5.81. The normalized spacial score (nSPS) is 21.7. The van der Waals surface area contributed by atoms with Crippen LogP contribution in [0, 0.1) is 12.7 Å². The number of rotatable bonds is 7. The molecular formula is C23H36FN5O2. The fourth-order valence-corrected chi connectivity index (χ4v) is 4.57. The molecule has 2 unspecified atom stereocenters. The lowest BCUT2D eigenvalue weighted by Gasteiger charge is -2.35. The van der Waals surface area contributed by atoms with Gasteiger partial charge in [-0.05, 0) is 63.3 Å². The number of carbonyl (C=O) groups excluding carboxylic acids is 2. The molecule has 2 fully saturated rings. The van der Waals surface area contributed by atoms with Crippen molar-refractivity contribution in [2.45, 2.75) is 51.1 Å². The van der Waals surface area contributed by atoms with Crippen LogP contribution in [0.15, 0.2) is 18.2 Å². The van der Waals surface area contributed by atoms with Gasteiger partial charge in [0.15, 0.2) is 0 Å². The Morgan fingerprint density at radius 2 is 1.97 bits per heavy atom. The van der Waals surface area contributed by atoms with Gasteiger partial charge in [-0.1, -0.05) is 6.07 Å². The van der Waals surface area contributed by atoms with Gasteiger partial charge in [0.2, 0.25) is 5.91 Å². The molecule has 1 aromatic carbocycles. The van der Waals surface area contributed by atoms with E-state index in [9.17, 15) is 14.0 Å². The Kier molecular flexibility index (Phi) is 8.12. The standard InChI is InChI=1S/C23H36FN5O2/c1-17-9-10-19(24)21(15-17)29-13-4-7-18(16-29)26-23(31)25-11-6-14-28-12-5-8-20(28)22(30)27(2)3/h9-10,15,18,20H,4-8,11-14,16H2,1-3H3,(H2,25,26,31). The third kappa shape index (κ3) is 6.32. The number of amides is 3. The number of likely N-dealkylation sites (tertiary alicyclic amines) is 1. The predicted octanol–water partition coefficient (Wildman–Crippen LogP) is 2.34. The molecule has 3 amide bonds. The summed E-state index contributed by atoms with van der Waals surface area (Å²) in [4.78, 5) is 30.5. The Morgan fingerprint density at radius 3 is 2.74 bits per heavy atom. The summed E-state index contributed by atoms with van der Waals surface area (Å²) in [5, 5.41) is 5.97. The minimum Gasteiger partial charge on any atom is -0.367 e. The molecule has 3 rings (SSSR count). The van der Waals surface area contributed by atoms with E-state index in [4.69, 9.17) is 0 Å². The summed E-state index contributed by atoms with van der Waals surface area (Å²) in [6, 6.07) is 4.93. The third-order valence-electron chi connectivity index (χ3n) is 6.20. The second kappa shape index (κ2) is 10.8. The van der Waals surface area contributed by atoms with Crippen LogP contribution in [0.3, 0.4) is 0 Å². The van der Waals surface area contributed by atoms with Gasteiger partial charge in [0.05, 0.1) is 11.7 Å². The van der Waals surface area contributed by atoms with Crippen LogP contribution in [0.5, 0.6) is 0 Å². The molecule has 0 spiro atoms. The number of hydrogen-bond donors (Lipinski definition) is 2. The van der Waals surface area contributed by atoms with Gasteiger partial charge in [0.25, 0.3) is 0 Å². The first-order valence-corrected chi connectivity index (χ1v) is 11.4. The second-order valence-electron chi connectivity index (χ2n) is 8.92. The first-order chi connectivity index (χ1) is 14.8. The van der Waals surface area contributed by atoms with E-state index >= 15 is 0 Å². The minimum absolute atomic E-state index is 0.00524. The first kappa shape index (κ1) is 23.3. The van der Waals surface area contributed by atoms with E-state index in [-0.39, 0.29) is 29.8 Å². The van der Waals surface area contributed by atoms with Crippen LogP contribution >= 0.6 is 0 Å². The van der Waals surface area contributed by atoms with Crippen molar-refractivity contribution in [3.05, 3.63) is 29.6 Å². The molecule has 2 aliphatic heterocycles. The predicted molar refractivity (Wildman–Crippen MR) is 121 cm³/mol. The number of piperidine rings is 1. The van der Waals surface area contributed by atoms with E-state index in [1.54, 1.807) is 25.1 Å². The zero-order chi connectivity index (χ0) is 22.4. The van der Waals surface area contributed by atoms with Gasteiger partial charge in [-0.25, -0.2) is 9.18 Å². The quantitative estimate of drug-likeness (QED) is 0.648. The lowest BCUT2D eigenvalue weighted by molar-refractivity contribution is -0.133. The van der Waals surface area contributed by atoms with Gasteiger partial charge < -0.3 is 20.4 Å². The topological polar surface area (TPSA) is 67.9 Å². The summed E-state index contributed by atoms with van der Waals surface area (Å²) in [5.41, 5.74) is 1.64. The fraction of sp³-hybridized carbons (Fsp3) is 0.652. The first-order valence-electron chi connectivity index (χ1n) is 11.4. The maximum Gasteiger partial charge on any atom is 0.315 e. The summed E-state index contributed by atoms with van der Waals surface area (Å²) in [7, 11) is 3.59. The number of nitrogens with zero attached hydrogens (tertiary/aromatic N) is 3. The summed E-state index contributed by atoms with van der Waals surface area (Å²) in [6.45, 7) is 5.65. The highest BCUT2D eigenvalue weighted by Crippen LogP contribution is 2.24. The van der Waals surface area contributed by atoms with E-state index in [0.717, 1.165) is 57.3 Å². The van der Waals surface area contributed by atoms with Gasteiger partial charge in [0.1, 0.15) is 5.82 Å². The Balaban J connectivity index is 1.39. The number of nitrogens with one attached hydrogen (secondary N) is 2. The summed E-state index contributed by atoms with van der Waals surface area (Å²) >= 11 is 0. The van der Waals surface area contributed by atoms with Crippen LogP contribution in [0.25, 0.3) is 0 Å². The van der Waals surface area contributed by atoms with Crippen molar-refractivity contribution in [1.82, 2.24) is 20.4 Å². The Morgan fingerprint density at radius 1 is 1.19 bits per heavy atom. The number of aryl methyl sites for hydroxylation is 1. The molecule has 0 aliphatic carbocycles. The SMILES string of the molecule is Cc1ccc(F)c(N2CCCC(NC(=O)NCCCN3CCCC3C(=O)N(C)C)C2)c1. The number of halogens is 1. The number of hydrogen-bond acceptors (Lipinski definition) is 4. The molecule has 2 saturated heterocycles. The van der Waals surface area contributed by atoms with Gasteiger partial charge in [-0.3, -0.25) is 9.69 Å². The van der Waals surface area contributed by atoms with E-state index in [2.05, 4.69) is 15.5 Å². The molecule has 1 aromatic rings. The fourth-order valence-electron chi connectivity index (χ4n) is 4.57. The van der Waals surface area contributed by atoms with Gasteiger partial charge in [-0.15, -0.1) is 0 Å². The molecule has 2 N–H and O–H groups in total. The van der Waals surface area contributed by atoms with Crippen molar-refractivity contribution in [1.29, 1.82) is 0 Å². The van der Waals surface area contributed by atoms with Gasteiger partial charge in [-0.2, -0.15) is 0 Å². The number of carbonyl (C=O) groups is 2. The van der Waals surface area contributed by atoms with Crippen LogP contribution in [0.4, 0.5) is 14.9 Å². The van der Waals surface area contributed by atoms with Crippen molar-refractivity contribution >= 4 is 17.6 Å². The average molecular weight is 434 g/mol. The van der Waals surface area contributed by atoms with Crippen molar-refractivity contribution in [2.75, 3.05) is 51.7 Å². The molecule has 172 valence electrons. The average Bonchev–Trinajstić information content (AvgIpc) is 3.21. The van der Waals surface area contributed by atoms with Crippen molar-refractivity contribution < 1.29 is 14.0 Å². The van der Waals surface area contributed by atoms with E-state index in [0.29, 0.717) is 18.8 Å². The van der Waals surface area contributed by atoms with Crippen LogP contribution in [-0.4, -0.2) is 80.6 Å². The van der Waals surface area contributed by atoms with Gasteiger partial charge in [0, 0.05) is 46.3 Å². The maximum atomic E-state index is 14.2. The van der Waals surface area contributed by atoms with Crippen molar-refractivity contribution in [3.63, 3.8) is 0 Å². The molecular weight excluding hydrogens is 397 g/mol. The molecule has 8 heteroatoms. The van der Waals surface area contributed by atoms with E-state index in [1.165, 1.54) is 6.07 Å². The molecule has 0 aromatic heterocycles. The minimum atomic E-state index is -0.219. The Bertz CT molecular complexity index is 772. The van der Waals surface area contributed by atoms with E-state index < -0.39 is 0 Å². The molecule has 0 saturated carbocycles. The monoisotopic (exact) mass is 433 g/mol. The molecule has 0 radical (unpaired) electrons. The highest BCUT2D eigenvalue weighted by Gasteiger charge is 2.31. The molecule has 0 bridgehead atoms. The van der Waals surface area contributed by atoms with Crippen molar-refractivity contribution in [2.24, 2.45) is 0 Å². The van der Waals surface area contributed by atoms with Crippen LogP contribution < -0.4 is 15.5 Å². The zero-order valence-electron chi connectivity index (χ0n) is 19.0. The molecule has 2 aliphatic rings. The highest BCUT2D eigenvalue weighted by atomic mass is 19.1. The molecule has 2 atom stereocenters. The lowest BCUT2D eigenvalue weighted by atomic mass is 10.0. The van der Waals surface area contributed by atoms with Crippen LogP contribution in [-0.2, 0) is 4.79 Å². The zero-order valence-corrected chi connectivity index (χ0v) is 19.0. The molecule has 7 nitrogen and oxygen atoms in total. The largest absolute Gasteiger partial charge is 0.367 e. The Labute approximate surface area is 184 Å². The number of benzene rings is 1. The second-order valence-corrected chi connectivity index (χ2v) is 8.92.